The molecule has 0 aromatic carbocycles. The summed E-state index contributed by atoms with van der Waals surface area (Å²) in [4.78, 5) is 6.56. The quantitative estimate of drug-likeness (QED) is 0.875. The van der Waals surface area contributed by atoms with E-state index < -0.39 is 0 Å². The molecule has 1 aliphatic rings. The fraction of sp³-hybridized carbons (Fsp3) is 0.750. The number of rotatable bonds is 6. The highest BCUT2D eigenvalue weighted by molar-refractivity contribution is 7.09. The minimum Gasteiger partial charge on any atom is -0.329 e. The van der Waals surface area contributed by atoms with E-state index >= 15 is 0 Å². The smallest absolute Gasteiger partial charge is 0.0355 e. The normalized spacial score (nSPS) is 21.2. The number of likely N-dealkylation sites (tertiary alicyclic amines) is 1. The number of piperidine rings is 1. The SMILES string of the molecule is CCN1CCC(CN)(N(C)C(C)Cc2cccs2)CC1. The van der Waals surface area contributed by atoms with Crippen LogP contribution in [0.25, 0.3) is 0 Å². The Hall–Kier alpha value is -0.420. The van der Waals surface area contributed by atoms with Gasteiger partial charge in [0.15, 0.2) is 0 Å². The van der Waals surface area contributed by atoms with Crippen molar-refractivity contribution in [1.82, 2.24) is 9.80 Å². The Balaban J connectivity index is 1.99. The summed E-state index contributed by atoms with van der Waals surface area (Å²) in [6.45, 7) is 8.89. The van der Waals surface area contributed by atoms with Gasteiger partial charge in [0.25, 0.3) is 0 Å². The van der Waals surface area contributed by atoms with Gasteiger partial charge in [-0.1, -0.05) is 13.0 Å². The van der Waals surface area contributed by atoms with Gasteiger partial charge in [-0.25, -0.2) is 0 Å². The largest absolute Gasteiger partial charge is 0.329 e. The summed E-state index contributed by atoms with van der Waals surface area (Å²) in [5.74, 6) is 0. The van der Waals surface area contributed by atoms with Crippen LogP contribution in [0.5, 0.6) is 0 Å². The molecule has 2 rings (SSSR count). The Kier molecular flexibility index (Phi) is 5.61. The lowest BCUT2D eigenvalue weighted by Crippen LogP contribution is -2.60. The molecule has 0 radical (unpaired) electrons. The summed E-state index contributed by atoms with van der Waals surface area (Å²) in [6.07, 6.45) is 3.53. The molecule has 0 bridgehead atoms. The molecule has 20 heavy (non-hydrogen) atoms. The lowest BCUT2D eigenvalue weighted by molar-refractivity contribution is 0.0228. The van der Waals surface area contributed by atoms with Crippen LogP contribution in [0.4, 0.5) is 0 Å². The van der Waals surface area contributed by atoms with Crippen LogP contribution in [0.2, 0.25) is 0 Å². The molecule has 1 aromatic rings. The second-order valence-corrected chi connectivity index (χ2v) is 7.14. The highest BCUT2D eigenvalue weighted by Gasteiger charge is 2.38. The molecule has 1 aromatic heterocycles. The fourth-order valence-corrected chi connectivity index (χ4v) is 4.14. The Morgan fingerprint density at radius 3 is 2.65 bits per heavy atom. The van der Waals surface area contributed by atoms with Crippen molar-refractivity contribution in [2.75, 3.05) is 33.2 Å². The third-order valence-corrected chi connectivity index (χ3v) is 6.00. The second kappa shape index (κ2) is 7.03. The molecule has 0 saturated carbocycles. The van der Waals surface area contributed by atoms with Crippen LogP contribution < -0.4 is 5.73 Å². The van der Waals surface area contributed by atoms with Crippen LogP contribution >= 0.6 is 11.3 Å². The molecular formula is C16H29N3S. The van der Waals surface area contributed by atoms with Gasteiger partial charge in [0.05, 0.1) is 0 Å². The molecule has 0 amide bonds. The second-order valence-electron chi connectivity index (χ2n) is 6.11. The zero-order chi connectivity index (χ0) is 14.6. The standard InChI is InChI=1S/C16H29N3S/c1-4-19-9-7-16(13-17,8-10-19)18(3)14(2)12-15-6-5-11-20-15/h5-6,11,14H,4,7-10,12-13,17H2,1-3H3. The van der Waals surface area contributed by atoms with Crippen LogP contribution in [0.15, 0.2) is 17.5 Å². The number of hydrogen-bond donors (Lipinski definition) is 1. The molecule has 4 heteroatoms. The van der Waals surface area contributed by atoms with E-state index in [-0.39, 0.29) is 5.54 Å². The van der Waals surface area contributed by atoms with E-state index in [1.165, 1.54) is 30.8 Å². The first-order chi connectivity index (χ1) is 9.61. The van der Waals surface area contributed by atoms with Gasteiger partial charge >= 0.3 is 0 Å². The number of thiophene rings is 1. The third kappa shape index (κ3) is 3.42. The van der Waals surface area contributed by atoms with Gasteiger partial charge in [0.2, 0.25) is 0 Å². The van der Waals surface area contributed by atoms with Crippen molar-refractivity contribution < 1.29 is 0 Å². The van der Waals surface area contributed by atoms with Crippen molar-refractivity contribution in [1.29, 1.82) is 0 Å². The minimum atomic E-state index is 0.197. The van der Waals surface area contributed by atoms with E-state index in [0.717, 1.165) is 19.5 Å². The lowest BCUT2D eigenvalue weighted by Gasteiger charge is -2.49. The van der Waals surface area contributed by atoms with Crippen molar-refractivity contribution in [3.8, 4) is 0 Å². The Labute approximate surface area is 127 Å². The maximum atomic E-state index is 6.18. The molecule has 1 unspecified atom stereocenters. The third-order valence-electron chi connectivity index (χ3n) is 5.10. The predicted molar refractivity (Wildman–Crippen MR) is 88.4 cm³/mol. The maximum absolute atomic E-state index is 6.18. The van der Waals surface area contributed by atoms with Gasteiger partial charge in [-0.3, -0.25) is 4.90 Å². The van der Waals surface area contributed by atoms with E-state index in [2.05, 4.69) is 48.2 Å². The van der Waals surface area contributed by atoms with Crippen molar-refractivity contribution in [2.24, 2.45) is 5.73 Å². The zero-order valence-electron chi connectivity index (χ0n) is 13.1. The molecule has 0 aliphatic carbocycles. The Bertz CT molecular complexity index is 382. The van der Waals surface area contributed by atoms with Crippen LogP contribution in [0, 0.1) is 0 Å². The summed E-state index contributed by atoms with van der Waals surface area (Å²) < 4.78 is 0. The fourth-order valence-electron chi connectivity index (χ4n) is 3.31. The van der Waals surface area contributed by atoms with Crippen molar-refractivity contribution in [2.45, 2.75) is 44.7 Å². The van der Waals surface area contributed by atoms with Gasteiger partial charge in [-0.2, -0.15) is 0 Å². The molecule has 2 heterocycles. The van der Waals surface area contributed by atoms with Crippen LogP contribution in [0.3, 0.4) is 0 Å². The molecular weight excluding hydrogens is 266 g/mol. The lowest BCUT2D eigenvalue weighted by atomic mass is 9.84. The summed E-state index contributed by atoms with van der Waals surface area (Å²) in [6, 6.07) is 4.93. The highest BCUT2D eigenvalue weighted by Crippen LogP contribution is 2.29. The number of nitrogens with zero attached hydrogens (tertiary/aromatic N) is 2. The zero-order valence-corrected chi connectivity index (χ0v) is 14.0. The van der Waals surface area contributed by atoms with E-state index in [1.54, 1.807) is 0 Å². The average Bonchev–Trinajstić information content (AvgIpc) is 2.99. The Morgan fingerprint density at radius 2 is 2.15 bits per heavy atom. The molecule has 2 N–H and O–H groups in total. The predicted octanol–water partition coefficient (Wildman–Crippen LogP) is 2.42. The number of likely N-dealkylation sites (N-methyl/N-ethyl adjacent to an activating group) is 1. The van der Waals surface area contributed by atoms with E-state index in [1.807, 2.05) is 11.3 Å². The highest BCUT2D eigenvalue weighted by atomic mass is 32.1. The molecule has 1 atom stereocenters. The summed E-state index contributed by atoms with van der Waals surface area (Å²) >= 11 is 1.86. The maximum Gasteiger partial charge on any atom is 0.0355 e. The summed E-state index contributed by atoms with van der Waals surface area (Å²) in [5, 5.41) is 2.17. The monoisotopic (exact) mass is 295 g/mol. The van der Waals surface area contributed by atoms with Crippen molar-refractivity contribution in [3.05, 3.63) is 22.4 Å². The molecule has 114 valence electrons. The molecule has 1 aliphatic heterocycles. The van der Waals surface area contributed by atoms with Gasteiger partial charge in [-0.05, 0) is 64.3 Å². The topological polar surface area (TPSA) is 32.5 Å². The first-order valence-electron chi connectivity index (χ1n) is 7.79. The van der Waals surface area contributed by atoms with Crippen LogP contribution in [-0.4, -0.2) is 54.6 Å². The van der Waals surface area contributed by atoms with E-state index in [9.17, 15) is 0 Å². The average molecular weight is 295 g/mol. The van der Waals surface area contributed by atoms with Crippen LogP contribution in [0.1, 0.15) is 31.6 Å². The summed E-state index contributed by atoms with van der Waals surface area (Å²) in [7, 11) is 2.27. The molecule has 1 saturated heterocycles. The first kappa shape index (κ1) is 16.0. The van der Waals surface area contributed by atoms with Gasteiger partial charge in [0, 0.05) is 23.0 Å². The first-order valence-corrected chi connectivity index (χ1v) is 8.67. The van der Waals surface area contributed by atoms with Gasteiger partial charge in [0.1, 0.15) is 0 Å². The van der Waals surface area contributed by atoms with Gasteiger partial charge in [-0.15, -0.1) is 11.3 Å². The Morgan fingerprint density at radius 1 is 1.45 bits per heavy atom. The number of hydrogen-bond acceptors (Lipinski definition) is 4. The van der Waals surface area contributed by atoms with Gasteiger partial charge < -0.3 is 10.6 Å². The van der Waals surface area contributed by atoms with Crippen LogP contribution in [-0.2, 0) is 6.42 Å². The van der Waals surface area contributed by atoms with E-state index in [0.29, 0.717) is 6.04 Å². The minimum absolute atomic E-state index is 0.197. The summed E-state index contributed by atoms with van der Waals surface area (Å²) in [5.41, 5.74) is 6.38. The number of nitrogens with two attached hydrogens (primary N) is 1. The van der Waals surface area contributed by atoms with Crippen molar-refractivity contribution in [3.63, 3.8) is 0 Å². The van der Waals surface area contributed by atoms with E-state index in [4.69, 9.17) is 5.73 Å². The molecule has 1 fully saturated rings. The molecule has 0 spiro atoms. The molecule has 3 nitrogen and oxygen atoms in total. The van der Waals surface area contributed by atoms with Crippen molar-refractivity contribution >= 4 is 11.3 Å².